The molecule has 4 N–H and O–H groups in total. The summed E-state index contributed by atoms with van der Waals surface area (Å²) in [6.45, 7) is 4.01. The molecule has 0 amide bonds. The van der Waals surface area contributed by atoms with E-state index in [0.717, 1.165) is 25.3 Å². The molecule has 0 bridgehead atoms. The Morgan fingerprint density at radius 3 is 2.59 bits per heavy atom. The lowest BCUT2D eigenvalue weighted by atomic mass is 10.1. The molecule has 0 radical (unpaired) electrons. The molecule has 1 atom stereocenters. The van der Waals surface area contributed by atoms with Crippen LogP contribution in [-0.4, -0.2) is 11.0 Å². The van der Waals surface area contributed by atoms with Crippen LogP contribution in [-0.2, 0) is 0 Å². The number of rotatable bonds is 6. The van der Waals surface area contributed by atoms with Crippen LogP contribution in [0.25, 0.3) is 0 Å². The van der Waals surface area contributed by atoms with Crippen molar-refractivity contribution in [2.24, 2.45) is 5.84 Å². The van der Waals surface area contributed by atoms with Crippen LogP contribution in [0.2, 0.25) is 0 Å². The van der Waals surface area contributed by atoms with Gasteiger partial charge in [-0.2, -0.15) is 0 Å². The zero-order chi connectivity index (χ0) is 12.8. The van der Waals surface area contributed by atoms with Crippen LogP contribution in [0.4, 0.5) is 20.4 Å². The van der Waals surface area contributed by atoms with Crippen LogP contribution in [0.5, 0.6) is 0 Å². The van der Waals surface area contributed by atoms with Crippen molar-refractivity contribution >= 4 is 11.6 Å². The van der Waals surface area contributed by atoms with Gasteiger partial charge in [0.25, 0.3) is 0 Å². The molecule has 0 aliphatic rings. The van der Waals surface area contributed by atoms with Gasteiger partial charge in [0, 0.05) is 12.1 Å². The maximum Gasteiger partial charge on any atom is 0.178 e. The molecule has 0 aromatic carbocycles. The van der Waals surface area contributed by atoms with Crippen molar-refractivity contribution < 1.29 is 8.78 Å². The number of aromatic nitrogens is 1. The predicted octanol–water partition coefficient (Wildman–Crippen LogP) is 2.64. The summed E-state index contributed by atoms with van der Waals surface area (Å²) in [5, 5.41) is 2.90. The van der Waals surface area contributed by atoms with Gasteiger partial charge < -0.3 is 10.7 Å². The van der Waals surface area contributed by atoms with Crippen molar-refractivity contribution in [3.8, 4) is 0 Å². The van der Waals surface area contributed by atoms with Crippen LogP contribution in [0, 0.1) is 11.6 Å². The third-order valence-electron chi connectivity index (χ3n) is 2.44. The Morgan fingerprint density at radius 2 is 2.00 bits per heavy atom. The summed E-state index contributed by atoms with van der Waals surface area (Å²) in [6.07, 6.45) is 3.01. The maximum absolute atomic E-state index is 13.4. The molecule has 0 spiro atoms. The minimum atomic E-state index is -0.809. The molecule has 0 saturated carbocycles. The monoisotopic (exact) mass is 244 g/mol. The van der Waals surface area contributed by atoms with E-state index in [-0.39, 0.29) is 17.7 Å². The number of hydrazine groups is 1. The molecule has 1 heterocycles. The highest BCUT2D eigenvalue weighted by atomic mass is 19.1. The van der Waals surface area contributed by atoms with E-state index in [1.165, 1.54) is 0 Å². The van der Waals surface area contributed by atoms with Crippen molar-refractivity contribution in [1.82, 2.24) is 4.98 Å². The molecule has 17 heavy (non-hydrogen) atoms. The fraction of sp³-hybridized carbons (Fsp3) is 0.545. The second kappa shape index (κ2) is 6.34. The first kappa shape index (κ1) is 13.6. The number of hydrogen-bond acceptors (Lipinski definition) is 4. The number of nitrogens with zero attached hydrogens (tertiary/aromatic N) is 1. The largest absolute Gasteiger partial charge is 0.365 e. The smallest absolute Gasteiger partial charge is 0.178 e. The van der Waals surface area contributed by atoms with Gasteiger partial charge in [-0.15, -0.1) is 0 Å². The second-order valence-corrected chi connectivity index (χ2v) is 3.98. The number of anilines is 2. The van der Waals surface area contributed by atoms with Gasteiger partial charge in [0.05, 0.1) is 0 Å². The van der Waals surface area contributed by atoms with Crippen molar-refractivity contribution in [3.63, 3.8) is 0 Å². The van der Waals surface area contributed by atoms with Gasteiger partial charge in [0.1, 0.15) is 0 Å². The van der Waals surface area contributed by atoms with Crippen LogP contribution >= 0.6 is 0 Å². The fourth-order valence-corrected chi connectivity index (χ4v) is 1.48. The Balaban J connectivity index is 2.76. The summed E-state index contributed by atoms with van der Waals surface area (Å²) in [6, 6.07) is 0.838. The predicted molar refractivity (Wildman–Crippen MR) is 64.6 cm³/mol. The Bertz CT molecular complexity index is 371. The Kier molecular flexibility index (Phi) is 5.09. The molecule has 1 unspecified atom stereocenters. The normalized spacial score (nSPS) is 12.3. The molecule has 0 aliphatic heterocycles. The molecular formula is C11H18F2N4. The number of unbranched alkanes of at least 4 members (excludes halogenated alkanes) is 1. The standard InChI is InChI=1S/C11H18F2N4/c1-3-4-5-7(2)15-10-8(12)6-9(13)11(16-10)17-14/h6-7H,3-5,14H2,1-2H3,(H2,15,16,17). The first-order valence-corrected chi connectivity index (χ1v) is 5.67. The van der Waals surface area contributed by atoms with Gasteiger partial charge in [-0.05, 0) is 13.3 Å². The average Bonchev–Trinajstić information content (AvgIpc) is 2.30. The Hall–Kier alpha value is -1.43. The molecule has 6 heteroatoms. The minimum absolute atomic E-state index is 0.0166. The number of halogens is 2. The van der Waals surface area contributed by atoms with Crippen LogP contribution < -0.4 is 16.6 Å². The lowest BCUT2D eigenvalue weighted by Crippen LogP contribution is -2.19. The van der Waals surface area contributed by atoms with E-state index in [1.54, 1.807) is 0 Å². The summed E-state index contributed by atoms with van der Waals surface area (Å²) in [5.41, 5.74) is 2.09. The van der Waals surface area contributed by atoms with Gasteiger partial charge in [0.15, 0.2) is 23.3 Å². The fourth-order valence-electron chi connectivity index (χ4n) is 1.48. The zero-order valence-electron chi connectivity index (χ0n) is 10.1. The van der Waals surface area contributed by atoms with E-state index in [0.29, 0.717) is 0 Å². The molecule has 0 saturated heterocycles. The second-order valence-electron chi connectivity index (χ2n) is 3.98. The van der Waals surface area contributed by atoms with Gasteiger partial charge in [0.2, 0.25) is 0 Å². The van der Waals surface area contributed by atoms with Gasteiger partial charge in [-0.1, -0.05) is 19.8 Å². The summed E-state index contributed by atoms with van der Waals surface area (Å²) < 4.78 is 26.5. The van der Waals surface area contributed by atoms with Gasteiger partial charge in [-0.3, -0.25) is 0 Å². The third-order valence-corrected chi connectivity index (χ3v) is 2.44. The molecule has 1 aromatic rings. The first-order valence-electron chi connectivity index (χ1n) is 5.67. The molecule has 96 valence electrons. The third kappa shape index (κ3) is 3.81. The Morgan fingerprint density at radius 1 is 1.35 bits per heavy atom. The van der Waals surface area contributed by atoms with E-state index in [4.69, 9.17) is 5.84 Å². The van der Waals surface area contributed by atoms with Crippen molar-refractivity contribution in [2.75, 3.05) is 10.7 Å². The number of nitrogen functional groups attached to an aromatic ring is 1. The van der Waals surface area contributed by atoms with Crippen molar-refractivity contribution in [1.29, 1.82) is 0 Å². The minimum Gasteiger partial charge on any atom is -0.365 e. The topological polar surface area (TPSA) is 63.0 Å². The molecule has 1 aromatic heterocycles. The summed E-state index contributed by atoms with van der Waals surface area (Å²) in [7, 11) is 0. The summed E-state index contributed by atoms with van der Waals surface area (Å²) >= 11 is 0. The molecule has 4 nitrogen and oxygen atoms in total. The highest BCUT2D eigenvalue weighted by molar-refractivity contribution is 5.47. The van der Waals surface area contributed by atoms with E-state index >= 15 is 0 Å². The summed E-state index contributed by atoms with van der Waals surface area (Å²) in [5.74, 6) is 3.40. The number of nitrogens with one attached hydrogen (secondary N) is 2. The van der Waals surface area contributed by atoms with E-state index in [9.17, 15) is 8.78 Å². The quantitative estimate of drug-likeness (QED) is 0.531. The zero-order valence-corrected chi connectivity index (χ0v) is 10.1. The van der Waals surface area contributed by atoms with Crippen molar-refractivity contribution in [2.45, 2.75) is 39.2 Å². The van der Waals surface area contributed by atoms with Crippen LogP contribution in [0.3, 0.4) is 0 Å². The Labute approximate surface area is 99.6 Å². The SMILES string of the molecule is CCCCC(C)Nc1nc(NN)c(F)cc1F. The number of pyridine rings is 1. The van der Waals surface area contributed by atoms with Crippen LogP contribution in [0.15, 0.2) is 6.07 Å². The number of hydrogen-bond donors (Lipinski definition) is 3. The average molecular weight is 244 g/mol. The molecular weight excluding hydrogens is 226 g/mol. The maximum atomic E-state index is 13.4. The van der Waals surface area contributed by atoms with Gasteiger partial charge in [-0.25, -0.2) is 19.6 Å². The highest BCUT2D eigenvalue weighted by Crippen LogP contribution is 2.19. The summed E-state index contributed by atoms with van der Waals surface area (Å²) in [4.78, 5) is 3.74. The first-order chi connectivity index (χ1) is 8.08. The van der Waals surface area contributed by atoms with E-state index < -0.39 is 11.6 Å². The lowest BCUT2D eigenvalue weighted by Gasteiger charge is -2.15. The molecule has 1 rings (SSSR count). The molecule has 0 aliphatic carbocycles. The number of nitrogens with two attached hydrogens (primary N) is 1. The van der Waals surface area contributed by atoms with Crippen LogP contribution in [0.1, 0.15) is 33.1 Å². The van der Waals surface area contributed by atoms with E-state index in [2.05, 4.69) is 22.7 Å². The van der Waals surface area contributed by atoms with Gasteiger partial charge >= 0.3 is 0 Å². The molecule has 0 fully saturated rings. The van der Waals surface area contributed by atoms with Crippen molar-refractivity contribution in [3.05, 3.63) is 17.7 Å². The highest BCUT2D eigenvalue weighted by Gasteiger charge is 2.12. The van der Waals surface area contributed by atoms with E-state index in [1.807, 2.05) is 6.92 Å². The lowest BCUT2D eigenvalue weighted by molar-refractivity contribution is 0.572.